The molecule has 5 nitrogen and oxygen atoms in total. The zero-order valence-electron chi connectivity index (χ0n) is 31.2. The van der Waals surface area contributed by atoms with Crippen molar-refractivity contribution in [1.82, 2.24) is 0 Å². The summed E-state index contributed by atoms with van der Waals surface area (Å²) in [5.41, 5.74) is 5.95. The fourth-order valence-electron chi connectivity index (χ4n) is 6.23. The highest BCUT2D eigenvalue weighted by atomic mass is 16.5. The molecule has 0 fully saturated rings. The minimum atomic E-state index is -0.746. The molecule has 0 aromatic carbocycles. The van der Waals surface area contributed by atoms with Gasteiger partial charge in [-0.1, -0.05) is 206 Å². The van der Waals surface area contributed by atoms with Crippen LogP contribution in [0.3, 0.4) is 0 Å². The molecule has 0 amide bonds. The van der Waals surface area contributed by atoms with E-state index in [4.69, 9.17) is 15.2 Å². The van der Waals surface area contributed by atoms with E-state index in [1.807, 2.05) is 0 Å². The number of hydrogen-bond donors (Lipinski definition) is 1. The molecule has 0 saturated carbocycles. The summed E-state index contributed by atoms with van der Waals surface area (Å²) in [6.45, 7) is 5.45. The molecule has 274 valence electrons. The van der Waals surface area contributed by atoms with Gasteiger partial charge >= 0.3 is 11.9 Å². The Kier molecular flexibility index (Phi) is 37.4. The lowest BCUT2D eigenvalue weighted by Crippen LogP contribution is -2.33. The van der Waals surface area contributed by atoms with Crippen molar-refractivity contribution in [1.29, 1.82) is 0 Å². The Morgan fingerprint density at radius 3 is 0.978 bits per heavy atom. The lowest BCUT2D eigenvalue weighted by Gasteiger charge is -2.11. The lowest BCUT2D eigenvalue weighted by molar-refractivity contribution is -0.146. The van der Waals surface area contributed by atoms with Crippen LogP contribution in [0.25, 0.3) is 0 Å². The monoisotopic (exact) mass is 652 g/mol. The van der Waals surface area contributed by atoms with Gasteiger partial charge < -0.3 is 15.2 Å². The van der Waals surface area contributed by atoms with Crippen LogP contribution in [-0.2, 0) is 19.1 Å². The molecule has 0 aliphatic carbocycles. The van der Waals surface area contributed by atoms with Crippen LogP contribution in [0.1, 0.15) is 232 Å². The van der Waals surface area contributed by atoms with Gasteiger partial charge in [-0.2, -0.15) is 0 Å². The van der Waals surface area contributed by atoms with Crippen molar-refractivity contribution in [2.75, 3.05) is 13.2 Å². The molecule has 5 heteroatoms. The number of rotatable bonds is 38. The van der Waals surface area contributed by atoms with Gasteiger partial charge in [0.1, 0.15) is 6.04 Å². The average Bonchev–Trinajstić information content (AvgIpc) is 3.06. The molecule has 0 saturated heterocycles. The van der Waals surface area contributed by atoms with Gasteiger partial charge in [-0.05, 0) is 19.3 Å². The van der Waals surface area contributed by atoms with E-state index in [9.17, 15) is 9.59 Å². The highest BCUT2D eigenvalue weighted by Crippen LogP contribution is 2.15. The van der Waals surface area contributed by atoms with Crippen LogP contribution in [0.4, 0.5) is 0 Å². The van der Waals surface area contributed by atoms with Crippen LogP contribution in [0, 0.1) is 0 Å². The fraction of sp³-hybridized carbons (Fsp3) is 0.951. The standard InChI is InChI=1S/C41H81NO4/c1-3-5-7-9-11-13-15-17-19-21-23-25-27-29-31-33-37-45-40(43)36-35-39(42)41(44)46-38-34-32-30-28-26-24-22-20-18-16-14-12-10-8-6-4-2/h39H,3-38,42H2,1-2H3/t39-/m1/s1. The summed E-state index contributed by atoms with van der Waals surface area (Å²) < 4.78 is 10.7. The summed E-state index contributed by atoms with van der Waals surface area (Å²) in [5.74, 6) is -0.659. The van der Waals surface area contributed by atoms with Gasteiger partial charge in [0.05, 0.1) is 13.2 Å². The van der Waals surface area contributed by atoms with Gasteiger partial charge in [0.25, 0.3) is 0 Å². The molecular formula is C41H81NO4. The molecule has 2 N–H and O–H groups in total. The smallest absolute Gasteiger partial charge is 0.322 e. The summed E-state index contributed by atoms with van der Waals surface area (Å²) in [5, 5.41) is 0. The Balaban J connectivity index is 3.37. The van der Waals surface area contributed by atoms with Gasteiger partial charge in [-0.25, -0.2) is 0 Å². The van der Waals surface area contributed by atoms with Crippen LogP contribution < -0.4 is 5.73 Å². The van der Waals surface area contributed by atoms with Gasteiger partial charge in [-0.3, -0.25) is 9.59 Å². The maximum atomic E-state index is 12.1. The van der Waals surface area contributed by atoms with E-state index in [1.165, 1.54) is 180 Å². The van der Waals surface area contributed by atoms with Crippen molar-refractivity contribution in [2.45, 2.75) is 238 Å². The first kappa shape index (κ1) is 44.9. The number of ether oxygens (including phenoxy) is 2. The Bertz CT molecular complexity index is 626. The third kappa shape index (κ3) is 35.7. The van der Waals surface area contributed by atoms with Crippen molar-refractivity contribution in [2.24, 2.45) is 5.73 Å². The molecular weight excluding hydrogens is 570 g/mol. The summed E-state index contributed by atoms with van der Waals surface area (Å²) in [6.07, 6.45) is 42.8. The minimum absolute atomic E-state index is 0.175. The van der Waals surface area contributed by atoms with Gasteiger partial charge in [0.15, 0.2) is 0 Å². The largest absolute Gasteiger partial charge is 0.466 e. The third-order valence-corrected chi connectivity index (χ3v) is 9.47. The first-order chi connectivity index (χ1) is 22.6. The Morgan fingerprint density at radius 1 is 0.413 bits per heavy atom. The van der Waals surface area contributed by atoms with E-state index in [1.54, 1.807) is 0 Å². The quantitative estimate of drug-likeness (QED) is 0.0531. The van der Waals surface area contributed by atoms with Crippen LogP contribution in [-0.4, -0.2) is 31.2 Å². The van der Waals surface area contributed by atoms with Crippen LogP contribution in [0.15, 0.2) is 0 Å². The summed E-state index contributed by atoms with van der Waals surface area (Å²) in [7, 11) is 0. The molecule has 0 spiro atoms. The van der Waals surface area contributed by atoms with E-state index >= 15 is 0 Å². The minimum Gasteiger partial charge on any atom is -0.466 e. The Morgan fingerprint density at radius 2 is 0.674 bits per heavy atom. The number of carbonyl (C=O) groups is 2. The molecule has 0 heterocycles. The first-order valence-corrected chi connectivity index (χ1v) is 20.7. The van der Waals surface area contributed by atoms with Crippen molar-refractivity contribution in [3.63, 3.8) is 0 Å². The maximum Gasteiger partial charge on any atom is 0.322 e. The number of hydrogen-bond acceptors (Lipinski definition) is 5. The number of unbranched alkanes of at least 4 members (excludes halogenated alkanes) is 30. The van der Waals surface area contributed by atoms with Crippen molar-refractivity contribution >= 4 is 11.9 Å². The van der Waals surface area contributed by atoms with Gasteiger partial charge in [0.2, 0.25) is 0 Å². The van der Waals surface area contributed by atoms with Crippen molar-refractivity contribution in [3.05, 3.63) is 0 Å². The lowest BCUT2D eigenvalue weighted by atomic mass is 10.0. The van der Waals surface area contributed by atoms with Crippen molar-refractivity contribution < 1.29 is 19.1 Å². The molecule has 0 aromatic heterocycles. The molecule has 0 aromatic rings. The SMILES string of the molecule is CCCCCCCCCCCCCCCCCCOC(=O)CC[C@@H](N)C(=O)OCCCCCCCCCCCCCCCCCC. The van der Waals surface area contributed by atoms with E-state index < -0.39 is 12.0 Å². The van der Waals surface area contributed by atoms with E-state index in [-0.39, 0.29) is 18.8 Å². The zero-order valence-corrected chi connectivity index (χ0v) is 31.2. The van der Waals surface area contributed by atoms with E-state index in [2.05, 4.69) is 13.8 Å². The molecule has 46 heavy (non-hydrogen) atoms. The summed E-state index contributed by atoms with van der Waals surface area (Å²) >= 11 is 0. The molecule has 0 bridgehead atoms. The van der Waals surface area contributed by atoms with Gasteiger partial charge in [-0.15, -0.1) is 0 Å². The Labute approximate surface area is 287 Å². The topological polar surface area (TPSA) is 78.6 Å². The first-order valence-electron chi connectivity index (χ1n) is 20.7. The molecule has 0 radical (unpaired) electrons. The number of carbonyl (C=O) groups excluding carboxylic acids is 2. The maximum absolute atomic E-state index is 12.1. The van der Waals surface area contributed by atoms with E-state index in [0.29, 0.717) is 13.2 Å². The highest BCUT2D eigenvalue weighted by molar-refractivity contribution is 5.77. The third-order valence-electron chi connectivity index (χ3n) is 9.47. The predicted molar refractivity (Wildman–Crippen MR) is 198 cm³/mol. The Hall–Kier alpha value is -1.10. The van der Waals surface area contributed by atoms with Crippen LogP contribution in [0.2, 0.25) is 0 Å². The average molecular weight is 652 g/mol. The van der Waals surface area contributed by atoms with E-state index in [0.717, 1.165) is 25.7 Å². The van der Waals surface area contributed by atoms with Gasteiger partial charge in [0, 0.05) is 6.42 Å². The predicted octanol–water partition coefficient (Wildman–Crippen LogP) is 12.7. The second-order valence-corrected chi connectivity index (χ2v) is 14.1. The summed E-state index contributed by atoms with van der Waals surface area (Å²) in [6, 6.07) is -0.746. The van der Waals surface area contributed by atoms with Crippen LogP contribution >= 0.6 is 0 Å². The zero-order chi connectivity index (χ0) is 33.6. The molecule has 0 unspecified atom stereocenters. The summed E-state index contributed by atoms with van der Waals surface area (Å²) in [4.78, 5) is 24.2. The second-order valence-electron chi connectivity index (χ2n) is 14.1. The number of nitrogens with two attached hydrogens (primary N) is 1. The van der Waals surface area contributed by atoms with Crippen LogP contribution in [0.5, 0.6) is 0 Å². The van der Waals surface area contributed by atoms with Crippen molar-refractivity contribution in [3.8, 4) is 0 Å². The fourth-order valence-corrected chi connectivity index (χ4v) is 6.23. The second kappa shape index (κ2) is 38.3. The highest BCUT2D eigenvalue weighted by Gasteiger charge is 2.17. The molecule has 1 atom stereocenters. The number of esters is 2. The normalized spacial score (nSPS) is 12.0. The molecule has 0 rings (SSSR count). The molecule has 0 aliphatic rings. The molecule has 0 aliphatic heterocycles.